The van der Waals surface area contributed by atoms with Crippen LogP contribution in [0.25, 0.3) is 0 Å². The summed E-state index contributed by atoms with van der Waals surface area (Å²) in [4.78, 5) is 4.00. The van der Waals surface area contributed by atoms with Gasteiger partial charge in [-0.1, -0.05) is 12.1 Å². The second-order valence-electron chi connectivity index (χ2n) is 3.28. The number of rotatable bonds is 0. The maximum absolute atomic E-state index is 5.98. The molecule has 2 N–H and O–H groups in total. The van der Waals surface area contributed by atoms with Crippen LogP contribution in [0.5, 0.6) is 11.5 Å². The summed E-state index contributed by atoms with van der Waals surface area (Å²) in [5, 5.41) is 1.61. The predicted octanol–water partition coefficient (Wildman–Crippen LogP) is 2.20. The minimum Gasteiger partial charge on any atom is -0.451 e. The van der Waals surface area contributed by atoms with Crippen molar-refractivity contribution in [1.29, 1.82) is 0 Å². The van der Waals surface area contributed by atoms with Crippen molar-refractivity contribution in [3.8, 4) is 11.5 Å². The number of para-hydroxylation sites is 2. The minimum atomic E-state index is 0.679. The van der Waals surface area contributed by atoms with Crippen molar-refractivity contribution in [2.75, 3.05) is 5.01 Å². The molecular weight excluding hydrogens is 190 g/mol. The monoisotopic (exact) mass is 199 g/mol. The van der Waals surface area contributed by atoms with Crippen molar-refractivity contribution in [2.24, 2.45) is 5.84 Å². The zero-order valence-electron chi connectivity index (χ0n) is 7.92. The molecule has 0 spiro atoms. The van der Waals surface area contributed by atoms with Crippen LogP contribution in [0.15, 0.2) is 42.7 Å². The first-order valence-electron chi connectivity index (χ1n) is 4.62. The van der Waals surface area contributed by atoms with Crippen LogP contribution in [-0.4, -0.2) is 4.98 Å². The minimum absolute atomic E-state index is 0.679. The second-order valence-corrected chi connectivity index (χ2v) is 3.28. The zero-order valence-corrected chi connectivity index (χ0v) is 7.92. The summed E-state index contributed by atoms with van der Waals surface area (Å²) >= 11 is 0. The second kappa shape index (κ2) is 2.96. The molecule has 0 radical (unpaired) electrons. The van der Waals surface area contributed by atoms with Gasteiger partial charge >= 0.3 is 0 Å². The van der Waals surface area contributed by atoms with Gasteiger partial charge in [0.1, 0.15) is 11.4 Å². The number of hydrogen-bond donors (Lipinski definition) is 1. The van der Waals surface area contributed by atoms with Crippen molar-refractivity contribution in [1.82, 2.24) is 4.98 Å². The molecule has 0 saturated heterocycles. The molecule has 15 heavy (non-hydrogen) atoms. The number of nitrogens with zero attached hydrogens (tertiary/aromatic N) is 2. The number of nitrogens with two attached hydrogens (primary N) is 1. The highest BCUT2D eigenvalue weighted by molar-refractivity contribution is 5.75. The summed E-state index contributed by atoms with van der Waals surface area (Å²) in [6.07, 6.45) is 3.35. The fourth-order valence-corrected chi connectivity index (χ4v) is 1.64. The molecule has 4 nitrogen and oxygen atoms in total. The number of aromatic nitrogens is 1. The summed E-state index contributed by atoms with van der Waals surface area (Å²) in [6, 6.07) is 9.46. The largest absolute Gasteiger partial charge is 0.451 e. The van der Waals surface area contributed by atoms with Gasteiger partial charge in [-0.25, -0.2) is 5.84 Å². The Morgan fingerprint density at radius 1 is 1.07 bits per heavy atom. The maximum atomic E-state index is 5.98. The third-order valence-electron chi connectivity index (χ3n) is 2.37. The molecule has 0 saturated carbocycles. The van der Waals surface area contributed by atoms with E-state index in [1.165, 1.54) is 0 Å². The first-order chi connectivity index (χ1) is 7.36. The van der Waals surface area contributed by atoms with Gasteiger partial charge in [0.25, 0.3) is 0 Å². The SMILES string of the molecule is NN1c2ccccc2Oc2cnccc21. The molecule has 3 rings (SSSR count). The lowest BCUT2D eigenvalue weighted by molar-refractivity contribution is 0.471. The van der Waals surface area contributed by atoms with Crippen LogP contribution in [-0.2, 0) is 0 Å². The Morgan fingerprint density at radius 2 is 1.87 bits per heavy atom. The Bertz CT molecular complexity index is 467. The molecule has 0 amide bonds. The number of anilines is 2. The number of hydrazine groups is 1. The predicted molar refractivity (Wildman–Crippen MR) is 57.1 cm³/mol. The van der Waals surface area contributed by atoms with Gasteiger partial charge in [0.15, 0.2) is 11.5 Å². The van der Waals surface area contributed by atoms with E-state index in [2.05, 4.69) is 4.98 Å². The van der Waals surface area contributed by atoms with Gasteiger partial charge in [-0.05, 0) is 18.2 Å². The molecule has 1 aliphatic rings. The summed E-state index contributed by atoms with van der Waals surface area (Å²) in [5.41, 5.74) is 1.68. The number of ether oxygens (including phenoxy) is 1. The van der Waals surface area contributed by atoms with Crippen molar-refractivity contribution >= 4 is 11.4 Å². The standard InChI is InChI=1S/C11H9N3O/c12-14-8-3-1-2-4-10(8)15-11-7-13-6-5-9(11)14/h1-7H,12H2. The highest BCUT2D eigenvalue weighted by Crippen LogP contribution is 2.43. The topological polar surface area (TPSA) is 51.4 Å². The molecule has 0 fully saturated rings. The Labute approximate surface area is 86.9 Å². The van der Waals surface area contributed by atoms with Gasteiger partial charge in [-0.15, -0.1) is 0 Å². The van der Waals surface area contributed by atoms with Gasteiger partial charge in [0.2, 0.25) is 0 Å². The van der Waals surface area contributed by atoms with Crippen LogP contribution in [0.4, 0.5) is 11.4 Å². The molecule has 0 bridgehead atoms. The molecule has 0 aliphatic carbocycles. The third kappa shape index (κ3) is 1.15. The van der Waals surface area contributed by atoms with Gasteiger partial charge in [0.05, 0.1) is 6.20 Å². The fraction of sp³-hybridized carbons (Fsp3) is 0. The van der Waals surface area contributed by atoms with E-state index in [0.29, 0.717) is 5.75 Å². The van der Waals surface area contributed by atoms with E-state index in [1.54, 1.807) is 17.4 Å². The van der Waals surface area contributed by atoms with E-state index >= 15 is 0 Å². The average molecular weight is 199 g/mol. The van der Waals surface area contributed by atoms with Crippen LogP contribution < -0.4 is 15.6 Å². The van der Waals surface area contributed by atoms with Gasteiger partial charge in [0, 0.05) is 6.20 Å². The van der Waals surface area contributed by atoms with Crippen LogP contribution >= 0.6 is 0 Å². The Kier molecular flexibility index (Phi) is 1.63. The van der Waals surface area contributed by atoms with E-state index in [0.717, 1.165) is 17.1 Å². The number of pyridine rings is 1. The van der Waals surface area contributed by atoms with E-state index in [1.807, 2.05) is 30.3 Å². The Hall–Kier alpha value is -2.07. The average Bonchev–Trinajstić information content (AvgIpc) is 2.30. The summed E-state index contributed by atoms with van der Waals surface area (Å²) < 4.78 is 5.66. The van der Waals surface area contributed by atoms with Crippen molar-refractivity contribution in [3.63, 3.8) is 0 Å². The van der Waals surface area contributed by atoms with E-state index < -0.39 is 0 Å². The highest BCUT2D eigenvalue weighted by Gasteiger charge is 2.21. The smallest absolute Gasteiger partial charge is 0.170 e. The van der Waals surface area contributed by atoms with Crippen molar-refractivity contribution in [3.05, 3.63) is 42.7 Å². The molecule has 2 heterocycles. The number of hydrogen-bond acceptors (Lipinski definition) is 4. The first kappa shape index (κ1) is 8.26. The van der Waals surface area contributed by atoms with E-state index in [-0.39, 0.29) is 0 Å². The lowest BCUT2D eigenvalue weighted by atomic mass is 10.2. The highest BCUT2D eigenvalue weighted by atomic mass is 16.5. The molecule has 0 atom stereocenters. The van der Waals surface area contributed by atoms with Crippen LogP contribution in [0.3, 0.4) is 0 Å². The molecular formula is C11H9N3O. The van der Waals surface area contributed by atoms with E-state index in [4.69, 9.17) is 10.6 Å². The third-order valence-corrected chi connectivity index (χ3v) is 2.37. The van der Waals surface area contributed by atoms with Crippen molar-refractivity contribution < 1.29 is 4.74 Å². The van der Waals surface area contributed by atoms with Crippen LogP contribution in [0.2, 0.25) is 0 Å². The Balaban J connectivity index is 2.20. The summed E-state index contributed by atoms with van der Waals surface area (Å²) in [5.74, 6) is 7.41. The molecule has 1 aliphatic heterocycles. The molecule has 2 aromatic rings. The zero-order chi connectivity index (χ0) is 10.3. The quantitative estimate of drug-likeness (QED) is 0.661. The van der Waals surface area contributed by atoms with E-state index in [9.17, 15) is 0 Å². The lowest BCUT2D eigenvalue weighted by Crippen LogP contribution is -2.27. The number of fused-ring (bicyclic) bond motifs is 2. The summed E-state index contributed by atoms with van der Waals surface area (Å²) in [7, 11) is 0. The van der Waals surface area contributed by atoms with Gasteiger partial charge < -0.3 is 4.74 Å². The molecule has 0 unspecified atom stereocenters. The van der Waals surface area contributed by atoms with Gasteiger partial charge in [-0.2, -0.15) is 0 Å². The van der Waals surface area contributed by atoms with Gasteiger partial charge in [-0.3, -0.25) is 9.99 Å². The normalized spacial score (nSPS) is 12.7. The summed E-state index contributed by atoms with van der Waals surface area (Å²) in [6.45, 7) is 0. The molecule has 74 valence electrons. The van der Waals surface area contributed by atoms with Crippen molar-refractivity contribution in [2.45, 2.75) is 0 Å². The first-order valence-corrected chi connectivity index (χ1v) is 4.62. The van der Waals surface area contributed by atoms with Crippen LogP contribution in [0.1, 0.15) is 0 Å². The van der Waals surface area contributed by atoms with Crippen LogP contribution in [0, 0.1) is 0 Å². The lowest BCUT2D eigenvalue weighted by Gasteiger charge is -2.28. The molecule has 1 aromatic heterocycles. The fourth-order valence-electron chi connectivity index (χ4n) is 1.64. The Morgan fingerprint density at radius 3 is 2.80 bits per heavy atom. The number of benzene rings is 1. The molecule has 1 aromatic carbocycles. The maximum Gasteiger partial charge on any atom is 0.170 e. The molecule has 4 heteroatoms.